The summed E-state index contributed by atoms with van der Waals surface area (Å²) in [5.74, 6) is 0. The van der Waals surface area contributed by atoms with Crippen LogP contribution in [0.3, 0.4) is 0 Å². The fourth-order valence-corrected chi connectivity index (χ4v) is 1.52. The Morgan fingerprint density at radius 2 is 1.64 bits per heavy atom. The molecule has 0 amide bonds. The van der Waals surface area contributed by atoms with Gasteiger partial charge in [0, 0.05) is 0 Å². The lowest BCUT2D eigenvalue weighted by atomic mass is 9.99. The lowest BCUT2D eigenvalue weighted by Crippen LogP contribution is -2.23. The molecule has 0 saturated carbocycles. The molecule has 2 heteroatoms. The maximum Gasteiger partial charge on any atom is 0.293 e. The van der Waals surface area contributed by atoms with Crippen molar-refractivity contribution in [1.29, 1.82) is 0 Å². The van der Waals surface area contributed by atoms with Crippen LogP contribution >= 0.6 is 0 Å². The average molecular weight is 200 g/mol. The van der Waals surface area contributed by atoms with E-state index < -0.39 is 0 Å². The van der Waals surface area contributed by atoms with Crippen molar-refractivity contribution in [2.45, 2.75) is 71.3 Å². The standard InChI is InChI=1S/C12H24O2/c1-4-5-6-7-8-9-10-12(2,3)14-11-13/h11H,4-10H2,1-3H3. The first-order chi connectivity index (χ1) is 6.62. The summed E-state index contributed by atoms with van der Waals surface area (Å²) in [6.45, 7) is 6.71. The molecule has 0 aromatic carbocycles. The summed E-state index contributed by atoms with van der Waals surface area (Å²) >= 11 is 0. The lowest BCUT2D eigenvalue weighted by molar-refractivity contribution is -0.140. The maximum atomic E-state index is 10.2. The molecule has 14 heavy (non-hydrogen) atoms. The van der Waals surface area contributed by atoms with Crippen LogP contribution in [0.15, 0.2) is 0 Å². The lowest BCUT2D eigenvalue weighted by Gasteiger charge is -2.22. The van der Waals surface area contributed by atoms with Crippen molar-refractivity contribution in [2.75, 3.05) is 0 Å². The molecule has 0 aromatic rings. The average Bonchev–Trinajstić information content (AvgIpc) is 2.11. The fourth-order valence-electron chi connectivity index (χ4n) is 1.52. The second-order valence-corrected chi connectivity index (χ2v) is 4.49. The van der Waals surface area contributed by atoms with Crippen LogP contribution in [0.25, 0.3) is 0 Å². The van der Waals surface area contributed by atoms with Gasteiger partial charge in [-0.05, 0) is 26.7 Å². The zero-order valence-electron chi connectivity index (χ0n) is 9.84. The van der Waals surface area contributed by atoms with E-state index in [1.54, 1.807) is 0 Å². The van der Waals surface area contributed by atoms with Crippen LogP contribution in [0.1, 0.15) is 65.7 Å². The summed E-state index contributed by atoms with van der Waals surface area (Å²) in [6.07, 6.45) is 8.67. The molecule has 0 saturated heterocycles. The number of unbranched alkanes of at least 4 members (excludes halogenated alkanes) is 5. The number of hydrogen-bond acceptors (Lipinski definition) is 2. The summed E-state index contributed by atoms with van der Waals surface area (Å²) in [6, 6.07) is 0. The summed E-state index contributed by atoms with van der Waals surface area (Å²) in [7, 11) is 0. The number of hydrogen-bond donors (Lipinski definition) is 0. The highest BCUT2D eigenvalue weighted by atomic mass is 16.5. The van der Waals surface area contributed by atoms with Crippen molar-refractivity contribution >= 4 is 6.47 Å². The van der Waals surface area contributed by atoms with Gasteiger partial charge in [0.15, 0.2) is 0 Å². The van der Waals surface area contributed by atoms with E-state index >= 15 is 0 Å². The van der Waals surface area contributed by atoms with Crippen LogP contribution in [0.5, 0.6) is 0 Å². The summed E-state index contributed by atoms with van der Waals surface area (Å²) < 4.78 is 4.98. The van der Waals surface area contributed by atoms with Gasteiger partial charge in [0.1, 0.15) is 5.60 Å². The van der Waals surface area contributed by atoms with Gasteiger partial charge in [-0.25, -0.2) is 0 Å². The van der Waals surface area contributed by atoms with Gasteiger partial charge < -0.3 is 4.74 Å². The first kappa shape index (κ1) is 13.5. The highest BCUT2D eigenvalue weighted by Gasteiger charge is 2.17. The van der Waals surface area contributed by atoms with Gasteiger partial charge in [-0.3, -0.25) is 4.79 Å². The summed E-state index contributed by atoms with van der Waals surface area (Å²) in [5.41, 5.74) is -0.271. The molecule has 0 aliphatic heterocycles. The molecule has 0 unspecified atom stereocenters. The molecule has 0 atom stereocenters. The van der Waals surface area contributed by atoms with Gasteiger partial charge >= 0.3 is 0 Å². The molecule has 0 bridgehead atoms. The van der Waals surface area contributed by atoms with Crippen molar-refractivity contribution < 1.29 is 9.53 Å². The van der Waals surface area contributed by atoms with Crippen molar-refractivity contribution in [1.82, 2.24) is 0 Å². The molecule has 0 N–H and O–H groups in total. The fraction of sp³-hybridized carbons (Fsp3) is 0.917. The molecule has 84 valence electrons. The molecule has 0 aromatic heterocycles. The zero-order valence-corrected chi connectivity index (χ0v) is 9.84. The minimum absolute atomic E-state index is 0.271. The monoisotopic (exact) mass is 200 g/mol. The van der Waals surface area contributed by atoms with E-state index in [0.29, 0.717) is 6.47 Å². The van der Waals surface area contributed by atoms with Crippen molar-refractivity contribution in [3.8, 4) is 0 Å². The van der Waals surface area contributed by atoms with E-state index in [4.69, 9.17) is 4.74 Å². The van der Waals surface area contributed by atoms with Gasteiger partial charge in [0.25, 0.3) is 6.47 Å². The van der Waals surface area contributed by atoms with Crippen LogP contribution in [-0.4, -0.2) is 12.1 Å². The maximum absolute atomic E-state index is 10.2. The second kappa shape index (κ2) is 7.84. The first-order valence-corrected chi connectivity index (χ1v) is 5.74. The molecular weight excluding hydrogens is 176 g/mol. The third kappa shape index (κ3) is 8.09. The van der Waals surface area contributed by atoms with Gasteiger partial charge in [-0.1, -0.05) is 39.0 Å². The van der Waals surface area contributed by atoms with Gasteiger partial charge in [-0.15, -0.1) is 0 Å². The van der Waals surface area contributed by atoms with Crippen LogP contribution < -0.4 is 0 Å². The van der Waals surface area contributed by atoms with Crippen LogP contribution in [-0.2, 0) is 9.53 Å². The van der Waals surface area contributed by atoms with Crippen LogP contribution in [0.4, 0.5) is 0 Å². The van der Waals surface area contributed by atoms with Crippen molar-refractivity contribution in [3.63, 3.8) is 0 Å². The van der Waals surface area contributed by atoms with Crippen LogP contribution in [0.2, 0.25) is 0 Å². The molecule has 0 fully saturated rings. The minimum atomic E-state index is -0.271. The predicted octanol–water partition coefficient (Wildman–Crippen LogP) is 3.69. The molecule has 0 heterocycles. The Morgan fingerprint density at radius 3 is 2.21 bits per heavy atom. The Kier molecular flexibility index (Phi) is 7.54. The molecule has 0 radical (unpaired) electrons. The molecule has 0 aliphatic carbocycles. The Labute approximate surface area is 88.0 Å². The molecule has 0 spiro atoms. The third-order valence-electron chi connectivity index (χ3n) is 2.50. The highest BCUT2D eigenvalue weighted by Crippen LogP contribution is 2.18. The zero-order chi connectivity index (χ0) is 10.9. The van der Waals surface area contributed by atoms with Gasteiger partial charge in [-0.2, -0.15) is 0 Å². The predicted molar refractivity (Wildman–Crippen MR) is 59.2 cm³/mol. The van der Waals surface area contributed by atoms with E-state index in [0.717, 1.165) is 12.8 Å². The molecular formula is C12H24O2. The van der Waals surface area contributed by atoms with E-state index in [9.17, 15) is 4.79 Å². The van der Waals surface area contributed by atoms with E-state index in [1.165, 1.54) is 32.1 Å². The molecule has 0 aliphatic rings. The smallest absolute Gasteiger partial charge is 0.293 e. The SMILES string of the molecule is CCCCCCCCC(C)(C)OC=O. The van der Waals surface area contributed by atoms with Crippen molar-refractivity contribution in [2.24, 2.45) is 0 Å². The topological polar surface area (TPSA) is 26.3 Å². The normalized spacial score (nSPS) is 11.4. The Balaban J connectivity index is 3.30. The van der Waals surface area contributed by atoms with Crippen LogP contribution in [0, 0.1) is 0 Å². The van der Waals surface area contributed by atoms with E-state index in [2.05, 4.69) is 6.92 Å². The summed E-state index contributed by atoms with van der Waals surface area (Å²) in [5, 5.41) is 0. The Morgan fingerprint density at radius 1 is 1.07 bits per heavy atom. The second-order valence-electron chi connectivity index (χ2n) is 4.49. The minimum Gasteiger partial charge on any atom is -0.462 e. The Hall–Kier alpha value is -0.530. The highest BCUT2D eigenvalue weighted by molar-refractivity contribution is 5.38. The van der Waals surface area contributed by atoms with E-state index in [1.807, 2.05) is 13.8 Å². The molecule has 0 rings (SSSR count). The first-order valence-electron chi connectivity index (χ1n) is 5.74. The number of ether oxygens (including phenoxy) is 1. The van der Waals surface area contributed by atoms with Gasteiger partial charge in [0.05, 0.1) is 0 Å². The Bertz CT molecular complexity index is 141. The van der Waals surface area contributed by atoms with Gasteiger partial charge in [0.2, 0.25) is 0 Å². The number of carbonyl (C=O) groups excluding carboxylic acids is 1. The molecule has 2 nitrogen and oxygen atoms in total. The number of carbonyl (C=O) groups is 1. The quantitative estimate of drug-likeness (QED) is 0.419. The number of rotatable bonds is 9. The third-order valence-corrected chi connectivity index (χ3v) is 2.50. The van der Waals surface area contributed by atoms with Crippen molar-refractivity contribution in [3.05, 3.63) is 0 Å². The van der Waals surface area contributed by atoms with E-state index in [-0.39, 0.29) is 5.60 Å². The summed E-state index contributed by atoms with van der Waals surface area (Å²) in [4.78, 5) is 10.2. The largest absolute Gasteiger partial charge is 0.462 e.